The Hall–Kier alpha value is -0.950. The van der Waals surface area contributed by atoms with Crippen molar-refractivity contribution in [2.45, 2.75) is 43.8 Å². The van der Waals surface area contributed by atoms with Crippen LogP contribution in [0.25, 0.3) is 0 Å². The molecule has 6 heteroatoms. The number of rotatable bonds is 4. The van der Waals surface area contributed by atoms with Gasteiger partial charge in [0.15, 0.2) is 0 Å². The molecule has 118 valence electrons. The molecule has 0 saturated carbocycles. The van der Waals surface area contributed by atoms with Crippen LogP contribution in [0.15, 0.2) is 29.2 Å². The molecule has 0 amide bonds. The van der Waals surface area contributed by atoms with Crippen molar-refractivity contribution >= 4 is 10.0 Å². The van der Waals surface area contributed by atoms with E-state index in [2.05, 4.69) is 0 Å². The lowest BCUT2D eigenvalue weighted by molar-refractivity contribution is -0.109. The van der Waals surface area contributed by atoms with Crippen LogP contribution in [0.4, 0.5) is 0 Å². The van der Waals surface area contributed by atoms with Crippen molar-refractivity contribution < 1.29 is 18.3 Å². The minimum atomic E-state index is -3.51. The Balaban J connectivity index is 2.24. The molecule has 5 nitrogen and oxygen atoms in total. The summed E-state index contributed by atoms with van der Waals surface area (Å²) in [6.45, 7) is 6.45. The van der Waals surface area contributed by atoms with E-state index in [-0.39, 0.29) is 17.6 Å². The van der Waals surface area contributed by atoms with Crippen LogP contribution < -0.4 is 0 Å². The van der Waals surface area contributed by atoms with Gasteiger partial charge < -0.3 is 9.84 Å². The Labute approximate surface area is 126 Å². The average Bonchev–Trinajstić information content (AvgIpc) is 2.37. The number of nitrogens with zero attached hydrogens (tertiary/aromatic N) is 1. The normalized spacial score (nSPS) is 23.1. The van der Waals surface area contributed by atoms with Gasteiger partial charge in [-0.3, -0.25) is 0 Å². The molecule has 0 radical (unpaired) electrons. The smallest absolute Gasteiger partial charge is 0.243 e. The largest absolute Gasteiger partial charge is 0.396 e. The third kappa shape index (κ3) is 3.83. The van der Waals surface area contributed by atoms with Gasteiger partial charge in [0.05, 0.1) is 16.6 Å². The summed E-state index contributed by atoms with van der Waals surface area (Å²) in [4.78, 5) is 0.286. The Morgan fingerprint density at radius 3 is 2.48 bits per heavy atom. The van der Waals surface area contributed by atoms with Crippen molar-refractivity contribution in [2.75, 3.05) is 19.7 Å². The summed E-state index contributed by atoms with van der Waals surface area (Å²) in [7, 11) is -3.51. The van der Waals surface area contributed by atoms with Crippen LogP contribution in [0, 0.1) is 0 Å². The van der Waals surface area contributed by atoms with Crippen molar-refractivity contribution in [1.82, 2.24) is 4.31 Å². The molecule has 1 saturated heterocycles. The molecule has 1 heterocycles. The van der Waals surface area contributed by atoms with Crippen LogP contribution in [0.3, 0.4) is 0 Å². The highest BCUT2D eigenvalue weighted by Gasteiger charge is 2.37. The van der Waals surface area contributed by atoms with Gasteiger partial charge >= 0.3 is 0 Å². The number of sulfonamides is 1. The molecule has 1 atom stereocenters. The summed E-state index contributed by atoms with van der Waals surface area (Å²) in [6, 6.07) is 6.71. The third-order valence-corrected chi connectivity index (χ3v) is 5.33. The summed E-state index contributed by atoms with van der Waals surface area (Å²) in [5.41, 5.74) is 0.439. The summed E-state index contributed by atoms with van der Waals surface area (Å²) >= 11 is 0. The zero-order chi connectivity index (χ0) is 15.7. The average molecular weight is 313 g/mol. The fraction of sp³-hybridized carbons (Fsp3) is 0.600. The van der Waals surface area contributed by atoms with Gasteiger partial charge in [-0.15, -0.1) is 0 Å². The molecule has 1 aromatic rings. The van der Waals surface area contributed by atoms with Crippen LogP contribution in [0.2, 0.25) is 0 Å². The summed E-state index contributed by atoms with van der Waals surface area (Å²) in [5, 5.41) is 8.90. The number of benzene rings is 1. The van der Waals surface area contributed by atoms with Crippen LogP contribution >= 0.6 is 0 Å². The highest BCUT2D eigenvalue weighted by Crippen LogP contribution is 2.26. The van der Waals surface area contributed by atoms with Gasteiger partial charge in [-0.05, 0) is 44.9 Å². The van der Waals surface area contributed by atoms with Gasteiger partial charge in [-0.2, -0.15) is 4.31 Å². The summed E-state index contributed by atoms with van der Waals surface area (Å²) in [5.74, 6) is 0. The van der Waals surface area contributed by atoms with E-state index in [4.69, 9.17) is 9.84 Å². The van der Waals surface area contributed by atoms with E-state index in [1.165, 1.54) is 4.31 Å². The first kappa shape index (κ1) is 16.4. The standard InChI is InChI=1S/C15H23NO4S/c1-12-10-16(11-15(2,3)20-12)21(18,19)14-6-4-13(5-7-14)8-9-17/h4-7,12,17H,8-11H2,1-3H3. The molecule has 0 spiro atoms. The lowest BCUT2D eigenvalue weighted by Crippen LogP contribution is -2.53. The molecule has 1 unspecified atom stereocenters. The zero-order valence-corrected chi connectivity index (χ0v) is 13.6. The Kier molecular flexibility index (Phi) is 4.72. The monoisotopic (exact) mass is 313 g/mol. The lowest BCUT2D eigenvalue weighted by atomic mass is 10.1. The molecular weight excluding hydrogens is 290 g/mol. The summed E-state index contributed by atoms with van der Waals surface area (Å²) in [6.07, 6.45) is 0.402. The molecule has 1 aliphatic rings. The van der Waals surface area contributed by atoms with Crippen LogP contribution in [0.1, 0.15) is 26.3 Å². The molecule has 2 rings (SSSR count). The molecule has 0 bridgehead atoms. The molecular formula is C15H23NO4S. The number of hydrogen-bond donors (Lipinski definition) is 1. The quantitative estimate of drug-likeness (QED) is 0.912. The van der Waals surface area contributed by atoms with Gasteiger partial charge in [0.1, 0.15) is 0 Å². The van der Waals surface area contributed by atoms with E-state index in [1.807, 2.05) is 20.8 Å². The molecule has 1 fully saturated rings. The first-order valence-corrected chi connectivity index (χ1v) is 8.56. The predicted molar refractivity (Wildman–Crippen MR) is 80.6 cm³/mol. The number of hydrogen-bond acceptors (Lipinski definition) is 4. The second-order valence-electron chi connectivity index (χ2n) is 6.10. The van der Waals surface area contributed by atoms with E-state index in [9.17, 15) is 8.42 Å². The van der Waals surface area contributed by atoms with Crippen LogP contribution in [-0.2, 0) is 21.2 Å². The first-order valence-electron chi connectivity index (χ1n) is 7.12. The second kappa shape index (κ2) is 6.04. The fourth-order valence-electron chi connectivity index (χ4n) is 2.68. The van der Waals surface area contributed by atoms with Gasteiger partial charge in [-0.1, -0.05) is 12.1 Å². The van der Waals surface area contributed by atoms with Crippen molar-refractivity contribution in [3.8, 4) is 0 Å². The van der Waals surface area contributed by atoms with Crippen molar-refractivity contribution in [2.24, 2.45) is 0 Å². The van der Waals surface area contributed by atoms with E-state index in [0.717, 1.165) is 5.56 Å². The SMILES string of the molecule is CC1CN(S(=O)(=O)c2ccc(CCO)cc2)CC(C)(C)O1. The maximum atomic E-state index is 12.7. The van der Waals surface area contributed by atoms with Gasteiger partial charge in [0.2, 0.25) is 10.0 Å². The first-order chi connectivity index (χ1) is 9.74. The minimum absolute atomic E-state index is 0.0568. The molecule has 0 aliphatic carbocycles. The van der Waals surface area contributed by atoms with Gasteiger partial charge in [0.25, 0.3) is 0 Å². The topological polar surface area (TPSA) is 66.8 Å². The highest BCUT2D eigenvalue weighted by atomic mass is 32.2. The number of ether oxygens (including phenoxy) is 1. The number of morpholine rings is 1. The Morgan fingerprint density at radius 2 is 1.95 bits per heavy atom. The predicted octanol–water partition coefficient (Wildman–Crippen LogP) is 1.41. The molecule has 1 N–H and O–H groups in total. The fourth-order valence-corrected chi connectivity index (χ4v) is 4.35. The number of aliphatic hydroxyl groups is 1. The number of aliphatic hydroxyl groups excluding tert-OH is 1. The Morgan fingerprint density at radius 1 is 1.33 bits per heavy atom. The van der Waals surface area contributed by atoms with Crippen LogP contribution in [-0.4, -0.2) is 49.2 Å². The molecule has 21 heavy (non-hydrogen) atoms. The van der Waals surface area contributed by atoms with E-state index < -0.39 is 15.6 Å². The Bertz CT molecular complexity index is 580. The van der Waals surface area contributed by atoms with Crippen molar-refractivity contribution in [1.29, 1.82) is 0 Å². The van der Waals surface area contributed by atoms with E-state index in [0.29, 0.717) is 19.5 Å². The van der Waals surface area contributed by atoms with Crippen molar-refractivity contribution in [3.63, 3.8) is 0 Å². The van der Waals surface area contributed by atoms with Crippen LogP contribution in [0.5, 0.6) is 0 Å². The molecule has 1 aromatic carbocycles. The van der Waals surface area contributed by atoms with Gasteiger partial charge in [-0.25, -0.2) is 8.42 Å². The maximum Gasteiger partial charge on any atom is 0.243 e. The molecule has 0 aromatic heterocycles. The summed E-state index contributed by atoms with van der Waals surface area (Å²) < 4.78 is 32.7. The second-order valence-corrected chi connectivity index (χ2v) is 8.04. The maximum absolute atomic E-state index is 12.7. The van der Waals surface area contributed by atoms with Crippen molar-refractivity contribution in [3.05, 3.63) is 29.8 Å². The van der Waals surface area contributed by atoms with Gasteiger partial charge in [0, 0.05) is 19.7 Å². The third-order valence-electron chi connectivity index (χ3n) is 3.50. The minimum Gasteiger partial charge on any atom is -0.396 e. The van der Waals surface area contributed by atoms with E-state index in [1.54, 1.807) is 24.3 Å². The molecule has 1 aliphatic heterocycles. The highest BCUT2D eigenvalue weighted by molar-refractivity contribution is 7.89. The zero-order valence-electron chi connectivity index (χ0n) is 12.7. The van der Waals surface area contributed by atoms with E-state index >= 15 is 0 Å². The lowest BCUT2D eigenvalue weighted by Gasteiger charge is -2.40.